The normalized spacial score (nSPS) is 10.2. The van der Waals surface area contributed by atoms with E-state index in [1.807, 2.05) is 12.1 Å². The quantitative estimate of drug-likeness (QED) is 0.872. The molecule has 0 bridgehead atoms. The Morgan fingerprint density at radius 1 is 1.15 bits per heavy atom. The minimum Gasteiger partial charge on any atom is -0.491 e. The minimum absolute atomic E-state index is 0.534. The first-order valence-corrected chi connectivity index (χ1v) is 6.43. The second-order valence-corrected chi connectivity index (χ2v) is 4.12. The summed E-state index contributed by atoms with van der Waals surface area (Å²) in [6.07, 6.45) is 4.20. The summed E-state index contributed by atoms with van der Waals surface area (Å²) in [5.74, 6) is 1.84. The molecule has 0 spiro atoms. The molecule has 6 heteroatoms. The number of nitrogens with zero attached hydrogens (tertiary/aromatic N) is 3. The number of hydrogen-bond acceptors (Lipinski definition) is 6. The maximum atomic E-state index is 5.45. The molecule has 0 unspecified atom stereocenters. The lowest BCUT2D eigenvalue weighted by Crippen LogP contribution is -2.06. The molecule has 0 aliphatic rings. The topological polar surface area (TPSA) is 69.2 Å². The monoisotopic (exact) mass is 274 g/mol. The lowest BCUT2D eigenvalue weighted by Gasteiger charge is -2.13. The van der Waals surface area contributed by atoms with E-state index in [9.17, 15) is 0 Å². The minimum atomic E-state index is 0.534. The van der Waals surface area contributed by atoms with Crippen LogP contribution in [0.1, 0.15) is 13.3 Å². The molecule has 0 saturated heterocycles. The Balaban J connectivity index is 2.44. The third-order valence-electron chi connectivity index (χ3n) is 2.77. The van der Waals surface area contributed by atoms with Crippen molar-refractivity contribution in [2.24, 2.45) is 0 Å². The molecule has 2 aromatic heterocycles. The fourth-order valence-electron chi connectivity index (χ4n) is 1.81. The van der Waals surface area contributed by atoms with Crippen LogP contribution >= 0.6 is 0 Å². The number of anilines is 1. The molecule has 0 atom stereocenters. The molecular weight excluding hydrogens is 256 g/mol. The van der Waals surface area contributed by atoms with Gasteiger partial charge < -0.3 is 14.8 Å². The van der Waals surface area contributed by atoms with Crippen molar-refractivity contribution in [2.45, 2.75) is 13.3 Å². The fourth-order valence-corrected chi connectivity index (χ4v) is 1.81. The lowest BCUT2D eigenvalue weighted by atomic mass is 10.1. The maximum Gasteiger partial charge on any atom is 0.213 e. The van der Waals surface area contributed by atoms with Crippen LogP contribution in [-0.4, -0.2) is 35.7 Å². The molecule has 106 valence electrons. The van der Waals surface area contributed by atoms with Gasteiger partial charge in [-0.2, -0.15) is 0 Å². The Bertz CT molecular complexity index is 575. The second kappa shape index (κ2) is 6.70. The molecular formula is C14H18N4O2. The first kappa shape index (κ1) is 14.0. The molecule has 0 amide bonds. The van der Waals surface area contributed by atoms with E-state index in [-0.39, 0.29) is 0 Å². The van der Waals surface area contributed by atoms with Gasteiger partial charge in [-0.05, 0) is 12.5 Å². The highest BCUT2D eigenvalue weighted by Gasteiger charge is 2.14. The van der Waals surface area contributed by atoms with Crippen molar-refractivity contribution in [3.05, 3.63) is 24.7 Å². The SMILES string of the molecule is CCCNc1ncnc(-c2ccnc(OC)c2)c1OC. The molecule has 0 aromatic carbocycles. The van der Waals surface area contributed by atoms with E-state index in [1.54, 1.807) is 20.4 Å². The summed E-state index contributed by atoms with van der Waals surface area (Å²) in [5, 5.41) is 3.23. The van der Waals surface area contributed by atoms with Crippen LogP contribution in [0.4, 0.5) is 5.82 Å². The summed E-state index contributed by atoms with van der Waals surface area (Å²) >= 11 is 0. The van der Waals surface area contributed by atoms with Crippen molar-refractivity contribution in [3.8, 4) is 22.9 Å². The van der Waals surface area contributed by atoms with Gasteiger partial charge in [-0.3, -0.25) is 0 Å². The van der Waals surface area contributed by atoms with Gasteiger partial charge in [0.2, 0.25) is 5.88 Å². The van der Waals surface area contributed by atoms with E-state index in [2.05, 4.69) is 27.2 Å². The van der Waals surface area contributed by atoms with Gasteiger partial charge in [0.05, 0.1) is 14.2 Å². The van der Waals surface area contributed by atoms with Gasteiger partial charge in [0, 0.05) is 24.4 Å². The average Bonchev–Trinajstić information content (AvgIpc) is 2.52. The molecule has 6 nitrogen and oxygen atoms in total. The Morgan fingerprint density at radius 2 is 2.00 bits per heavy atom. The highest BCUT2D eigenvalue weighted by atomic mass is 16.5. The van der Waals surface area contributed by atoms with Crippen LogP contribution in [-0.2, 0) is 0 Å². The first-order valence-electron chi connectivity index (χ1n) is 6.43. The molecule has 2 rings (SSSR count). The third-order valence-corrected chi connectivity index (χ3v) is 2.77. The van der Waals surface area contributed by atoms with Crippen LogP contribution < -0.4 is 14.8 Å². The zero-order valence-corrected chi connectivity index (χ0v) is 11.9. The predicted octanol–water partition coefficient (Wildman–Crippen LogP) is 2.38. The molecule has 0 saturated carbocycles. The van der Waals surface area contributed by atoms with Crippen molar-refractivity contribution >= 4 is 5.82 Å². The van der Waals surface area contributed by atoms with Gasteiger partial charge in [-0.1, -0.05) is 6.92 Å². The van der Waals surface area contributed by atoms with Gasteiger partial charge in [0.1, 0.15) is 12.0 Å². The van der Waals surface area contributed by atoms with Crippen molar-refractivity contribution < 1.29 is 9.47 Å². The van der Waals surface area contributed by atoms with Crippen LogP contribution in [0.15, 0.2) is 24.7 Å². The summed E-state index contributed by atoms with van der Waals surface area (Å²) in [7, 11) is 3.19. The number of pyridine rings is 1. The van der Waals surface area contributed by atoms with E-state index in [4.69, 9.17) is 9.47 Å². The van der Waals surface area contributed by atoms with E-state index in [0.29, 0.717) is 23.1 Å². The van der Waals surface area contributed by atoms with Gasteiger partial charge in [0.15, 0.2) is 11.6 Å². The van der Waals surface area contributed by atoms with Crippen LogP contribution in [0, 0.1) is 0 Å². The van der Waals surface area contributed by atoms with E-state index in [0.717, 1.165) is 18.5 Å². The van der Waals surface area contributed by atoms with Crippen molar-refractivity contribution in [2.75, 3.05) is 26.1 Å². The number of ether oxygens (including phenoxy) is 2. The van der Waals surface area contributed by atoms with Crippen LogP contribution in [0.5, 0.6) is 11.6 Å². The molecule has 1 N–H and O–H groups in total. The Labute approximate surface area is 118 Å². The first-order chi connectivity index (χ1) is 9.80. The van der Waals surface area contributed by atoms with Crippen molar-refractivity contribution in [3.63, 3.8) is 0 Å². The van der Waals surface area contributed by atoms with Gasteiger partial charge >= 0.3 is 0 Å². The van der Waals surface area contributed by atoms with E-state index < -0.39 is 0 Å². The smallest absolute Gasteiger partial charge is 0.213 e. The number of aromatic nitrogens is 3. The standard InChI is InChI=1S/C14H18N4O2/c1-4-6-16-14-13(20-3)12(17-9-18-14)10-5-7-15-11(8-10)19-2/h5,7-9H,4,6H2,1-3H3,(H,16,17,18). The van der Waals surface area contributed by atoms with Crippen LogP contribution in [0.3, 0.4) is 0 Å². The summed E-state index contributed by atoms with van der Waals surface area (Å²) < 4.78 is 10.6. The van der Waals surface area contributed by atoms with Crippen molar-refractivity contribution in [1.82, 2.24) is 15.0 Å². The zero-order chi connectivity index (χ0) is 14.4. The molecule has 0 aliphatic heterocycles. The number of nitrogens with one attached hydrogen (secondary N) is 1. The highest BCUT2D eigenvalue weighted by Crippen LogP contribution is 2.33. The molecule has 20 heavy (non-hydrogen) atoms. The second-order valence-electron chi connectivity index (χ2n) is 4.12. The predicted molar refractivity (Wildman–Crippen MR) is 77.1 cm³/mol. The number of rotatable bonds is 6. The summed E-state index contributed by atoms with van der Waals surface area (Å²) in [6, 6.07) is 3.67. The molecule has 0 aliphatic carbocycles. The fraction of sp³-hybridized carbons (Fsp3) is 0.357. The third kappa shape index (κ3) is 2.96. The Hall–Kier alpha value is -2.37. The highest BCUT2D eigenvalue weighted by molar-refractivity contribution is 5.72. The summed E-state index contributed by atoms with van der Waals surface area (Å²) in [4.78, 5) is 12.6. The van der Waals surface area contributed by atoms with E-state index >= 15 is 0 Å². The number of hydrogen-bond donors (Lipinski definition) is 1. The van der Waals surface area contributed by atoms with Gasteiger partial charge in [0.25, 0.3) is 0 Å². The van der Waals surface area contributed by atoms with Gasteiger partial charge in [-0.15, -0.1) is 0 Å². The summed E-state index contributed by atoms with van der Waals surface area (Å²) in [6.45, 7) is 2.92. The Morgan fingerprint density at radius 3 is 2.70 bits per heavy atom. The van der Waals surface area contributed by atoms with Crippen LogP contribution in [0.2, 0.25) is 0 Å². The Kier molecular flexibility index (Phi) is 4.70. The van der Waals surface area contributed by atoms with Crippen LogP contribution in [0.25, 0.3) is 11.3 Å². The molecule has 2 aromatic rings. The maximum absolute atomic E-state index is 5.45. The van der Waals surface area contributed by atoms with E-state index in [1.165, 1.54) is 6.33 Å². The summed E-state index contributed by atoms with van der Waals surface area (Å²) in [5.41, 5.74) is 1.58. The van der Waals surface area contributed by atoms with Crippen molar-refractivity contribution in [1.29, 1.82) is 0 Å². The van der Waals surface area contributed by atoms with Gasteiger partial charge in [-0.25, -0.2) is 15.0 Å². The number of methoxy groups -OCH3 is 2. The zero-order valence-electron chi connectivity index (χ0n) is 11.9. The lowest BCUT2D eigenvalue weighted by molar-refractivity contribution is 0.398. The average molecular weight is 274 g/mol. The molecule has 0 radical (unpaired) electrons. The largest absolute Gasteiger partial charge is 0.491 e. The molecule has 0 fully saturated rings. The molecule has 2 heterocycles.